The lowest BCUT2D eigenvalue weighted by Crippen LogP contribution is -2.15. The van der Waals surface area contributed by atoms with Crippen LogP contribution in [0.2, 0.25) is 0 Å². The quantitative estimate of drug-likeness (QED) is 0.298. The Kier molecular flexibility index (Phi) is 7.20. The van der Waals surface area contributed by atoms with Crippen LogP contribution in [0.5, 0.6) is 0 Å². The Bertz CT molecular complexity index is 1010. The molecule has 0 fully saturated rings. The first-order valence-corrected chi connectivity index (χ1v) is 10.1. The summed E-state index contributed by atoms with van der Waals surface area (Å²) in [5.41, 5.74) is 1.57. The maximum atomic E-state index is 12.3. The number of rotatable bonds is 10. The first-order valence-electron chi connectivity index (χ1n) is 9.16. The lowest BCUT2D eigenvalue weighted by molar-refractivity contribution is -0.384. The number of hydrogen-bond donors (Lipinski definition) is 1. The number of anilines is 1. The topological polar surface area (TPSA) is 117 Å². The Hall–Kier alpha value is -3.18. The molecule has 0 aliphatic carbocycles. The number of ether oxygens (including phenoxy) is 1. The molecule has 0 spiro atoms. The van der Waals surface area contributed by atoms with Gasteiger partial charge in [-0.25, -0.2) is 0 Å². The molecule has 0 unspecified atom stereocenters. The fourth-order valence-electron chi connectivity index (χ4n) is 2.80. The zero-order valence-corrected chi connectivity index (χ0v) is 17.5. The molecule has 0 atom stereocenters. The molecule has 2 aromatic heterocycles. The largest absolute Gasteiger partial charge is 0.383 e. The zero-order chi connectivity index (χ0) is 21.5. The summed E-state index contributed by atoms with van der Waals surface area (Å²) < 4.78 is 9.18. The number of non-ortho nitro benzene ring substituents is 1. The summed E-state index contributed by atoms with van der Waals surface area (Å²) in [5, 5.41) is 22.6. The van der Waals surface area contributed by atoms with E-state index in [9.17, 15) is 14.9 Å². The molecule has 11 heteroatoms. The zero-order valence-electron chi connectivity index (χ0n) is 16.6. The average molecular weight is 430 g/mol. The van der Waals surface area contributed by atoms with E-state index in [0.717, 1.165) is 11.5 Å². The Labute approximate surface area is 177 Å². The van der Waals surface area contributed by atoms with E-state index in [-0.39, 0.29) is 17.3 Å². The van der Waals surface area contributed by atoms with Crippen LogP contribution in [0.1, 0.15) is 11.5 Å². The van der Waals surface area contributed by atoms with Crippen molar-refractivity contribution in [1.82, 2.24) is 19.3 Å². The monoisotopic (exact) mass is 430 g/mol. The van der Waals surface area contributed by atoms with Crippen molar-refractivity contribution in [2.75, 3.05) is 24.8 Å². The highest BCUT2D eigenvalue weighted by Crippen LogP contribution is 2.20. The molecule has 0 aliphatic heterocycles. The van der Waals surface area contributed by atoms with Gasteiger partial charge in [-0.1, -0.05) is 11.8 Å². The Morgan fingerprint density at radius 3 is 2.67 bits per heavy atom. The molecule has 1 aromatic carbocycles. The summed E-state index contributed by atoms with van der Waals surface area (Å²) >= 11 is 1.28. The number of methoxy groups -OCH3 is 1. The molecule has 10 nitrogen and oxygen atoms in total. The minimum atomic E-state index is -0.485. The number of nitro benzene ring substituents is 1. The van der Waals surface area contributed by atoms with Gasteiger partial charge in [0.1, 0.15) is 5.82 Å². The summed E-state index contributed by atoms with van der Waals surface area (Å²) in [6, 6.07) is 9.70. The second-order valence-electron chi connectivity index (χ2n) is 6.47. The van der Waals surface area contributed by atoms with Crippen LogP contribution in [0.15, 0.2) is 47.8 Å². The van der Waals surface area contributed by atoms with E-state index in [1.54, 1.807) is 7.11 Å². The molecule has 1 N–H and O–H groups in total. The molecule has 0 saturated heterocycles. The molecule has 0 bridgehead atoms. The van der Waals surface area contributed by atoms with E-state index in [1.807, 2.05) is 34.5 Å². The smallest absolute Gasteiger partial charge is 0.269 e. The van der Waals surface area contributed by atoms with E-state index < -0.39 is 4.92 Å². The number of amides is 1. The van der Waals surface area contributed by atoms with Gasteiger partial charge in [0.15, 0.2) is 5.16 Å². The molecule has 30 heavy (non-hydrogen) atoms. The molecule has 0 aliphatic rings. The Morgan fingerprint density at radius 1 is 1.27 bits per heavy atom. The third-order valence-electron chi connectivity index (χ3n) is 4.40. The van der Waals surface area contributed by atoms with Crippen LogP contribution in [-0.4, -0.2) is 49.6 Å². The van der Waals surface area contributed by atoms with Crippen LogP contribution >= 0.6 is 11.8 Å². The summed E-state index contributed by atoms with van der Waals surface area (Å²) in [7, 11) is 3.61. The van der Waals surface area contributed by atoms with Gasteiger partial charge in [0, 0.05) is 56.8 Å². The van der Waals surface area contributed by atoms with Crippen molar-refractivity contribution >= 4 is 29.0 Å². The predicted octanol–water partition coefficient (Wildman–Crippen LogP) is 2.49. The SMILES string of the molecule is COCCn1c(Cc2cccn2C)nnc1SCC(=O)Nc1ccc([N+](=O)[O-])cc1. The van der Waals surface area contributed by atoms with Gasteiger partial charge >= 0.3 is 0 Å². The van der Waals surface area contributed by atoms with Gasteiger partial charge < -0.3 is 19.2 Å². The number of aromatic nitrogens is 4. The lowest BCUT2D eigenvalue weighted by Gasteiger charge is -2.10. The minimum Gasteiger partial charge on any atom is -0.383 e. The van der Waals surface area contributed by atoms with E-state index in [4.69, 9.17) is 4.74 Å². The van der Waals surface area contributed by atoms with Gasteiger partial charge in [0.25, 0.3) is 5.69 Å². The summed E-state index contributed by atoms with van der Waals surface area (Å²) in [4.78, 5) is 22.5. The summed E-state index contributed by atoms with van der Waals surface area (Å²) in [6.07, 6.45) is 2.60. The van der Waals surface area contributed by atoms with E-state index in [1.165, 1.54) is 36.0 Å². The maximum Gasteiger partial charge on any atom is 0.269 e. The number of nitrogens with one attached hydrogen (secondary N) is 1. The second-order valence-corrected chi connectivity index (χ2v) is 7.41. The van der Waals surface area contributed by atoms with Crippen LogP contribution < -0.4 is 5.32 Å². The number of nitro groups is 1. The van der Waals surface area contributed by atoms with E-state index in [0.29, 0.717) is 30.4 Å². The number of thioether (sulfide) groups is 1. The van der Waals surface area contributed by atoms with E-state index >= 15 is 0 Å². The van der Waals surface area contributed by atoms with Crippen molar-refractivity contribution in [2.24, 2.45) is 7.05 Å². The molecule has 2 heterocycles. The second kappa shape index (κ2) is 10.0. The van der Waals surface area contributed by atoms with Gasteiger partial charge in [0.2, 0.25) is 5.91 Å². The first-order chi connectivity index (χ1) is 14.5. The number of nitrogens with zero attached hydrogens (tertiary/aromatic N) is 5. The normalized spacial score (nSPS) is 10.9. The highest BCUT2D eigenvalue weighted by molar-refractivity contribution is 7.99. The van der Waals surface area contributed by atoms with E-state index in [2.05, 4.69) is 15.5 Å². The van der Waals surface area contributed by atoms with Gasteiger partial charge in [-0.05, 0) is 24.3 Å². The summed E-state index contributed by atoms with van der Waals surface area (Å²) in [5.74, 6) is 0.693. The number of carbonyl (C=O) groups excluding carboxylic acids is 1. The highest BCUT2D eigenvalue weighted by Gasteiger charge is 2.16. The van der Waals surface area contributed by atoms with Gasteiger partial charge in [0.05, 0.1) is 17.3 Å². The minimum absolute atomic E-state index is 0.0284. The third-order valence-corrected chi connectivity index (χ3v) is 5.36. The van der Waals surface area contributed by atoms with Crippen LogP contribution in [-0.2, 0) is 29.5 Å². The number of aryl methyl sites for hydroxylation is 1. The molecule has 158 valence electrons. The standard InChI is InChI=1S/C19H22N6O4S/c1-23-9-3-4-16(23)12-17-21-22-19(24(17)10-11-29-2)30-13-18(26)20-14-5-7-15(8-6-14)25(27)28/h3-9H,10-13H2,1-2H3,(H,20,26). The van der Waals surface area contributed by atoms with Crippen molar-refractivity contribution in [1.29, 1.82) is 0 Å². The van der Waals surface area contributed by atoms with Crippen LogP contribution in [0.25, 0.3) is 0 Å². The Morgan fingerprint density at radius 2 is 2.03 bits per heavy atom. The fraction of sp³-hybridized carbons (Fsp3) is 0.316. The van der Waals surface area contributed by atoms with Gasteiger partial charge in [-0.3, -0.25) is 14.9 Å². The molecule has 1 amide bonds. The lowest BCUT2D eigenvalue weighted by atomic mass is 10.3. The van der Waals surface area contributed by atoms with Gasteiger partial charge in [-0.15, -0.1) is 10.2 Å². The van der Waals surface area contributed by atoms with Crippen molar-refractivity contribution in [3.63, 3.8) is 0 Å². The number of hydrogen-bond acceptors (Lipinski definition) is 7. The van der Waals surface area contributed by atoms with Gasteiger partial charge in [-0.2, -0.15) is 0 Å². The maximum absolute atomic E-state index is 12.3. The molecule has 3 aromatic rings. The first kappa shape index (κ1) is 21.5. The predicted molar refractivity (Wildman–Crippen MR) is 113 cm³/mol. The molecule has 0 saturated carbocycles. The average Bonchev–Trinajstić information content (AvgIpc) is 3.31. The van der Waals surface area contributed by atoms with Crippen molar-refractivity contribution in [2.45, 2.75) is 18.1 Å². The van der Waals surface area contributed by atoms with Crippen LogP contribution in [0.4, 0.5) is 11.4 Å². The number of benzene rings is 1. The van der Waals surface area contributed by atoms with Crippen molar-refractivity contribution < 1.29 is 14.5 Å². The fourth-order valence-corrected chi connectivity index (χ4v) is 3.58. The van der Waals surface area contributed by atoms with Crippen LogP contribution in [0, 0.1) is 10.1 Å². The van der Waals surface area contributed by atoms with Crippen LogP contribution in [0.3, 0.4) is 0 Å². The molecule has 0 radical (unpaired) electrons. The molecular weight excluding hydrogens is 408 g/mol. The Balaban J connectivity index is 1.64. The third kappa shape index (κ3) is 5.45. The molecular formula is C19H22N6O4S. The molecule has 3 rings (SSSR count). The summed E-state index contributed by atoms with van der Waals surface area (Å²) in [6.45, 7) is 1.08. The number of carbonyl (C=O) groups is 1. The van der Waals surface area contributed by atoms with Crippen molar-refractivity contribution in [3.05, 3.63) is 64.2 Å². The van der Waals surface area contributed by atoms with Crippen molar-refractivity contribution in [3.8, 4) is 0 Å². The highest BCUT2D eigenvalue weighted by atomic mass is 32.2.